The molecule has 2 aliphatic heterocycles. The van der Waals surface area contributed by atoms with Crippen molar-refractivity contribution in [3.63, 3.8) is 0 Å². The minimum atomic E-state index is 0.334. The number of unbranched alkanes of at least 4 members (excludes halogenated alkanes) is 1. The van der Waals surface area contributed by atoms with Crippen LogP contribution in [0.5, 0.6) is 0 Å². The van der Waals surface area contributed by atoms with Gasteiger partial charge in [0, 0.05) is 39.9 Å². The number of hydrogen-bond acceptors (Lipinski definition) is 4. The van der Waals surface area contributed by atoms with Gasteiger partial charge in [-0.2, -0.15) is 0 Å². The number of carbonyl (C=O) groups excluding carboxylic acids is 1. The van der Waals surface area contributed by atoms with Crippen molar-refractivity contribution >= 4 is 5.91 Å². The van der Waals surface area contributed by atoms with E-state index in [0.29, 0.717) is 12.5 Å². The van der Waals surface area contributed by atoms with Crippen molar-refractivity contribution in [1.29, 1.82) is 0 Å². The molecule has 0 atom stereocenters. The average Bonchev–Trinajstić information content (AvgIpc) is 2.81. The quantitative estimate of drug-likeness (QED) is 0.667. The molecule has 0 spiro atoms. The van der Waals surface area contributed by atoms with Gasteiger partial charge in [0.15, 0.2) is 0 Å². The number of hydrogen-bond donors (Lipinski definition) is 0. The molecule has 0 aromatic rings. The highest BCUT2D eigenvalue weighted by Crippen LogP contribution is 2.10. The first-order chi connectivity index (χ1) is 10.8. The highest BCUT2D eigenvalue weighted by molar-refractivity contribution is 5.78. The maximum atomic E-state index is 12.4. The summed E-state index contributed by atoms with van der Waals surface area (Å²) in [6, 6.07) is 0. The van der Waals surface area contributed by atoms with Gasteiger partial charge in [-0.25, -0.2) is 0 Å². The minimum absolute atomic E-state index is 0.334. The van der Waals surface area contributed by atoms with E-state index in [1.807, 2.05) is 0 Å². The Morgan fingerprint density at radius 2 is 1.55 bits per heavy atom. The van der Waals surface area contributed by atoms with Gasteiger partial charge in [0.1, 0.15) is 0 Å². The van der Waals surface area contributed by atoms with Gasteiger partial charge >= 0.3 is 0 Å². The molecule has 0 radical (unpaired) electrons. The van der Waals surface area contributed by atoms with Crippen LogP contribution in [0.1, 0.15) is 38.5 Å². The third-order valence-corrected chi connectivity index (χ3v) is 4.86. The minimum Gasteiger partial charge on any atom is -0.385 e. The third-order valence-electron chi connectivity index (χ3n) is 4.86. The summed E-state index contributed by atoms with van der Waals surface area (Å²) in [5.41, 5.74) is 0. The fourth-order valence-electron chi connectivity index (χ4n) is 3.39. The van der Waals surface area contributed by atoms with Crippen LogP contribution in [0, 0.1) is 0 Å². The van der Waals surface area contributed by atoms with Crippen LogP contribution in [0.15, 0.2) is 0 Å². The number of rotatable bonds is 7. The van der Waals surface area contributed by atoms with Crippen molar-refractivity contribution in [1.82, 2.24) is 14.7 Å². The van der Waals surface area contributed by atoms with Gasteiger partial charge in [-0.3, -0.25) is 14.6 Å². The average molecular weight is 311 g/mol. The summed E-state index contributed by atoms with van der Waals surface area (Å²) in [6.45, 7) is 8.68. The maximum Gasteiger partial charge on any atom is 0.236 e. The molecule has 22 heavy (non-hydrogen) atoms. The molecular formula is C17H33N3O2. The van der Waals surface area contributed by atoms with Gasteiger partial charge in [-0.15, -0.1) is 0 Å². The topological polar surface area (TPSA) is 36.0 Å². The van der Waals surface area contributed by atoms with E-state index in [4.69, 9.17) is 4.74 Å². The lowest BCUT2D eigenvalue weighted by atomic mass is 10.2. The fraction of sp³-hybridized carbons (Fsp3) is 0.941. The van der Waals surface area contributed by atoms with Crippen LogP contribution in [0.25, 0.3) is 0 Å². The van der Waals surface area contributed by atoms with Crippen LogP contribution in [0.3, 0.4) is 0 Å². The molecule has 5 nitrogen and oxygen atoms in total. The molecule has 2 aliphatic rings. The first-order valence-corrected chi connectivity index (χ1v) is 9.01. The molecule has 5 heteroatoms. The second kappa shape index (κ2) is 10.2. The van der Waals surface area contributed by atoms with Crippen molar-refractivity contribution in [3.05, 3.63) is 0 Å². The van der Waals surface area contributed by atoms with Crippen molar-refractivity contribution in [2.45, 2.75) is 38.5 Å². The number of methoxy groups -OCH3 is 1. The lowest BCUT2D eigenvalue weighted by Crippen LogP contribution is -2.51. The molecular weight excluding hydrogens is 278 g/mol. The number of amides is 1. The zero-order valence-electron chi connectivity index (χ0n) is 14.3. The summed E-state index contributed by atoms with van der Waals surface area (Å²) >= 11 is 0. The maximum absolute atomic E-state index is 12.4. The van der Waals surface area contributed by atoms with Crippen LogP contribution < -0.4 is 0 Å². The lowest BCUT2D eigenvalue weighted by molar-refractivity contribution is -0.134. The van der Waals surface area contributed by atoms with Gasteiger partial charge < -0.3 is 9.64 Å². The van der Waals surface area contributed by atoms with Crippen LogP contribution in [0.4, 0.5) is 0 Å². The first-order valence-electron chi connectivity index (χ1n) is 9.01. The van der Waals surface area contributed by atoms with Crippen molar-refractivity contribution in [2.24, 2.45) is 0 Å². The third kappa shape index (κ3) is 6.23. The van der Waals surface area contributed by atoms with Crippen molar-refractivity contribution < 1.29 is 9.53 Å². The zero-order valence-corrected chi connectivity index (χ0v) is 14.3. The van der Waals surface area contributed by atoms with E-state index < -0.39 is 0 Å². The monoisotopic (exact) mass is 311 g/mol. The van der Waals surface area contributed by atoms with Crippen molar-refractivity contribution in [3.8, 4) is 0 Å². The summed E-state index contributed by atoms with van der Waals surface area (Å²) in [4.78, 5) is 19.3. The molecule has 2 fully saturated rings. The molecule has 128 valence electrons. The van der Waals surface area contributed by atoms with Gasteiger partial charge in [-0.05, 0) is 45.3 Å². The standard InChI is InChI=1S/C17H33N3O2/c1-22-15-7-6-8-18-11-13-20(14-12-18)17(21)16-19-9-4-2-3-5-10-19/h2-16H2,1H3. The van der Waals surface area contributed by atoms with Gasteiger partial charge in [0.25, 0.3) is 0 Å². The summed E-state index contributed by atoms with van der Waals surface area (Å²) in [5.74, 6) is 0.334. The predicted octanol–water partition coefficient (Wildman–Crippen LogP) is 1.43. The Morgan fingerprint density at radius 3 is 2.18 bits per heavy atom. The van der Waals surface area contributed by atoms with Crippen LogP contribution >= 0.6 is 0 Å². The Bertz CT molecular complexity index is 309. The van der Waals surface area contributed by atoms with Gasteiger partial charge in [-0.1, -0.05) is 12.8 Å². The molecule has 2 heterocycles. The van der Waals surface area contributed by atoms with Gasteiger partial charge in [0.05, 0.1) is 6.54 Å². The van der Waals surface area contributed by atoms with E-state index in [0.717, 1.165) is 58.8 Å². The number of carbonyl (C=O) groups is 1. The Labute approximate surface area is 135 Å². The molecule has 0 bridgehead atoms. The largest absolute Gasteiger partial charge is 0.385 e. The van der Waals surface area contributed by atoms with E-state index >= 15 is 0 Å². The van der Waals surface area contributed by atoms with Crippen LogP contribution in [-0.2, 0) is 9.53 Å². The Hall–Kier alpha value is -0.650. The summed E-state index contributed by atoms with van der Waals surface area (Å²) in [7, 11) is 1.76. The summed E-state index contributed by atoms with van der Waals surface area (Å²) < 4.78 is 5.08. The molecule has 0 aromatic heterocycles. The predicted molar refractivity (Wildman–Crippen MR) is 89.0 cm³/mol. The second-order valence-corrected chi connectivity index (χ2v) is 6.61. The fourth-order valence-corrected chi connectivity index (χ4v) is 3.39. The number of ether oxygens (including phenoxy) is 1. The molecule has 0 aliphatic carbocycles. The first kappa shape index (κ1) is 17.7. The molecule has 0 unspecified atom stereocenters. The number of piperazine rings is 1. The summed E-state index contributed by atoms with van der Waals surface area (Å²) in [6.07, 6.45) is 7.48. The van der Waals surface area contributed by atoms with Crippen LogP contribution in [-0.4, -0.2) is 86.7 Å². The van der Waals surface area contributed by atoms with E-state index in [1.165, 1.54) is 32.1 Å². The summed E-state index contributed by atoms with van der Waals surface area (Å²) in [5, 5.41) is 0. The van der Waals surface area contributed by atoms with E-state index in [-0.39, 0.29) is 0 Å². The Kier molecular flexibility index (Phi) is 8.20. The smallest absolute Gasteiger partial charge is 0.236 e. The molecule has 0 aromatic carbocycles. The van der Waals surface area contributed by atoms with Crippen LogP contribution in [0.2, 0.25) is 0 Å². The van der Waals surface area contributed by atoms with E-state index in [9.17, 15) is 4.79 Å². The molecule has 2 rings (SSSR count). The second-order valence-electron chi connectivity index (χ2n) is 6.61. The number of nitrogens with zero attached hydrogens (tertiary/aromatic N) is 3. The highest BCUT2D eigenvalue weighted by Gasteiger charge is 2.22. The molecule has 1 amide bonds. The SMILES string of the molecule is COCCCCN1CCN(C(=O)CN2CCCCCC2)CC1. The Balaban J connectivity index is 1.62. The lowest BCUT2D eigenvalue weighted by Gasteiger charge is -2.35. The molecule has 2 saturated heterocycles. The normalized spacial score (nSPS) is 21.8. The molecule has 0 saturated carbocycles. The van der Waals surface area contributed by atoms with Crippen molar-refractivity contribution in [2.75, 3.05) is 66.1 Å². The highest BCUT2D eigenvalue weighted by atomic mass is 16.5. The van der Waals surface area contributed by atoms with E-state index in [2.05, 4.69) is 14.7 Å². The molecule has 0 N–H and O–H groups in total. The van der Waals surface area contributed by atoms with Gasteiger partial charge in [0.2, 0.25) is 5.91 Å². The van der Waals surface area contributed by atoms with E-state index in [1.54, 1.807) is 7.11 Å². The zero-order chi connectivity index (χ0) is 15.6. The number of likely N-dealkylation sites (tertiary alicyclic amines) is 1. The Morgan fingerprint density at radius 1 is 0.864 bits per heavy atom.